The van der Waals surface area contributed by atoms with Crippen molar-refractivity contribution >= 4 is 41.8 Å². The Kier molecular flexibility index (Phi) is 10.3. The van der Waals surface area contributed by atoms with Gasteiger partial charge in [-0.05, 0) is 0 Å². The van der Waals surface area contributed by atoms with Crippen molar-refractivity contribution in [3.05, 3.63) is 254 Å². The maximum atomic E-state index is 5.91. The van der Waals surface area contributed by atoms with Crippen LogP contribution in [0.2, 0.25) is 0 Å². The van der Waals surface area contributed by atoms with E-state index >= 15 is 0 Å². The Hall–Kier alpha value is -6.73. The molecule has 9 aromatic rings. The average molecular weight is 808 g/mol. The maximum absolute atomic E-state index is 5.91. The van der Waals surface area contributed by atoms with Gasteiger partial charge in [-0.15, -0.1) is 0 Å². The van der Waals surface area contributed by atoms with Crippen LogP contribution in [0.3, 0.4) is 0 Å². The molecule has 0 saturated carbocycles. The third-order valence-electron chi connectivity index (χ3n) is 11.4. The van der Waals surface area contributed by atoms with Gasteiger partial charge in [-0.25, -0.2) is 0 Å². The van der Waals surface area contributed by atoms with E-state index in [0.29, 0.717) is 0 Å². The molecule has 10 rings (SSSR count). The van der Waals surface area contributed by atoms with E-state index < -0.39 is 14.8 Å². The van der Waals surface area contributed by atoms with Crippen molar-refractivity contribution in [2.75, 3.05) is 0 Å². The summed E-state index contributed by atoms with van der Waals surface area (Å²) in [5.41, 5.74) is 10.4. The minimum absolute atomic E-state index is 0.771. The third-order valence-corrected chi connectivity index (χ3v) is 19.4. The van der Waals surface area contributed by atoms with E-state index in [0.717, 1.165) is 22.0 Å². The minimum atomic E-state index is -3.29. The third kappa shape index (κ3) is 7.29. The van der Waals surface area contributed by atoms with E-state index in [4.69, 9.17) is 9.51 Å². The Morgan fingerprint density at radius 2 is 0.550 bits per heavy atom. The zero-order valence-corrected chi connectivity index (χ0v) is 34.9. The molecule has 0 amide bonds. The predicted octanol–water partition coefficient (Wildman–Crippen LogP) is 12.7. The van der Waals surface area contributed by atoms with Crippen LogP contribution < -0.4 is 26.1 Å². The van der Waals surface area contributed by atoms with Gasteiger partial charge in [0.25, 0.3) is 0 Å². The van der Waals surface area contributed by atoms with Gasteiger partial charge in [0.15, 0.2) is 0 Å². The van der Waals surface area contributed by atoms with Crippen LogP contribution >= 0.6 is 14.8 Å². The van der Waals surface area contributed by atoms with Crippen LogP contribution in [0.1, 0.15) is 5.56 Å². The molecule has 60 heavy (non-hydrogen) atoms. The van der Waals surface area contributed by atoms with Crippen LogP contribution in [0.15, 0.2) is 258 Å². The van der Waals surface area contributed by atoms with Gasteiger partial charge in [0, 0.05) is 0 Å². The normalized spacial score (nSPS) is 14.6. The summed E-state index contributed by atoms with van der Waals surface area (Å²) in [6.45, 7) is 0. The number of amidine groups is 1. The van der Waals surface area contributed by atoms with Gasteiger partial charge in [-0.1, -0.05) is 0 Å². The fourth-order valence-electron chi connectivity index (χ4n) is 8.20. The topological polar surface area (TPSA) is 36.8 Å². The van der Waals surface area contributed by atoms with Crippen LogP contribution in [0.25, 0.3) is 44.5 Å². The van der Waals surface area contributed by atoms with Crippen LogP contribution in [-0.4, -0.2) is 5.84 Å². The Bertz CT molecular complexity index is 2770. The van der Waals surface area contributed by atoms with Crippen molar-refractivity contribution in [1.29, 1.82) is 0 Å². The quantitative estimate of drug-likeness (QED) is 0.145. The van der Waals surface area contributed by atoms with Gasteiger partial charge in [-0.3, -0.25) is 0 Å². The van der Waals surface area contributed by atoms with Crippen molar-refractivity contribution in [2.45, 2.75) is 0 Å². The van der Waals surface area contributed by atoms with Crippen LogP contribution in [0, 0.1) is 0 Å². The van der Waals surface area contributed by atoms with Gasteiger partial charge in [0.1, 0.15) is 0 Å². The Balaban J connectivity index is 1.23. The molecule has 0 saturated heterocycles. The molecule has 0 unspecified atom stereocenters. The summed E-state index contributed by atoms with van der Waals surface area (Å²) in [4.78, 5) is 4.48. The summed E-state index contributed by atoms with van der Waals surface area (Å²) in [5.74, 6) is 0.771. The van der Waals surface area contributed by atoms with Crippen molar-refractivity contribution in [3.63, 3.8) is 0 Å². The number of rotatable bonds is 9. The summed E-state index contributed by atoms with van der Waals surface area (Å²) >= 11 is 0. The van der Waals surface area contributed by atoms with E-state index in [1.807, 2.05) is 0 Å². The molecular formula is C55H43N3P2. The molecule has 0 bridgehead atoms. The Morgan fingerprint density at radius 3 is 0.867 bits per heavy atom. The second-order valence-electron chi connectivity index (χ2n) is 15.1. The Labute approximate surface area is 353 Å². The first-order chi connectivity index (χ1) is 29.7. The first kappa shape index (κ1) is 37.5. The van der Waals surface area contributed by atoms with E-state index in [1.165, 1.54) is 55.1 Å². The molecule has 0 aromatic heterocycles. The number of hydrogen-bond acceptors (Lipinski definition) is 3. The van der Waals surface area contributed by atoms with E-state index in [2.05, 4.69) is 254 Å². The van der Waals surface area contributed by atoms with Gasteiger partial charge in [0.2, 0.25) is 0 Å². The number of benzene rings is 9. The standard InChI is InChI=1S/C55H43N3P2/c1-6-16-42(17-7-1)46-26-34-51(35-27-46)59(52-36-28-47(29-37-52)43-18-8-2-9-19-43)56-55(50-24-14-5-15-25-50)57-60(58-59,53-38-30-48(31-39-53)44-20-10-3-11-21-44)54-40-32-49(33-41-54)45-22-12-4-13-23-45/h1-41,58-59H. The van der Waals surface area contributed by atoms with E-state index in [9.17, 15) is 0 Å². The second-order valence-corrected chi connectivity index (χ2v) is 21.3. The molecule has 3 nitrogen and oxygen atoms in total. The van der Waals surface area contributed by atoms with Crippen LogP contribution in [0.4, 0.5) is 0 Å². The fraction of sp³-hybridized carbons (Fsp3) is 0. The molecule has 0 atom stereocenters. The molecule has 288 valence electrons. The molecule has 1 heterocycles. The monoisotopic (exact) mass is 807 g/mol. The summed E-state index contributed by atoms with van der Waals surface area (Å²) < 4.78 is 11.8. The first-order valence-corrected chi connectivity index (χ1v) is 24.1. The van der Waals surface area contributed by atoms with Gasteiger partial charge in [0.05, 0.1) is 0 Å². The molecule has 9 aromatic carbocycles. The van der Waals surface area contributed by atoms with Crippen molar-refractivity contribution < 1.29 is 0 Å². The molecule has 0 radical (unpaired) electrons. The van der Waals surface area contributed by atoms with Gasteiger partial charge in [-0.2, -0.15) is 0 Å². The summed E-state index contributed by atoms with van der Waals surface area (Å²) in [7, 11) is -6.12. The summed E-state index contributed by atoms with van der Waals surface area (Å²) in [6, 6.07) is 89.3. The van der Waals surface area contributed by atoms with Gasteiger partial charge < -0.3 is 0 Å². The SMILES string of the molecule is c1ccc(C2=N[PH](c3ccc(-c4ccccc4)cc3)(c3ccc(-c4ccccc4)cc3)NP(c3ccc(-c4ccccc4)cc3)(c3ccc(-c4ccccc4)cc3)=N2)cc1. The van der Waals surface area contributed by atoms with Crippen molar-refractivity contribution in [3.8, 4) is 44.5 Å². The van der Waals surface area contributed by atoms with Crippen molar-refractivity contribution in [2.24, 2.45) is 9.51 Å². The van der Waals surface area contributed by atoms with Crippen molar-refractivity contribution in [1.82, 2.24) is 4.86 Å². The van der Waals surface area contributed by atoms with Crippen LogP contribution in [0.5, 0.6) is 0 Å². The van der Waals surface area contributed by atoms with E-state index in [-0.39, 0.29) is 0 Å². The molecule has 0 spiro atoms. The molecule has 1 aliphatic rings. The molecule has 1 aliphatic heterocycles. The summed E-state index contributed by atoms with van der Waals surface area (Å²) in [5, 5.41) is 4.64. The Morgan fingerprint density at radius 1 is 0.283 bits per heavy atom. The molecule has 5 heteroatoms. The number of nitrogens with zero attached hydrogens (tertiary/aromatic N) is 2. The number of hydrogen-bond donors (Lipinski definition) is 1. The summed E-state index contributed by atoms with van der Waals surface area (Å²) in [6.07, 6.45) is 0. The zero-order chi connectivity index (χ0) is 40.2. The van der Waals surface area contributed by atoms with Crippen LogP contribution in [-0.2, 0) is 0 Å². The van der Waals surface area contributed by atoms with Gasteiger partial charge >= 0.3 is 355 Å². The zero-order valence-electron chi connectivity index (χ0n) is 33.0. The molecule has 1 N–H and O–H groups in total. The van der Waals surface area contributed by atoms with E-state index in [1.54, 1.807) is 0 Å². The molecular weight excluding hydrogens is 765 g/mol. The number of nitrogens with one attached hydrogen (secondary N) is 1. The average Bonchev–Trinajstić information content (AvgIpc) is 3.35. The predicted molar refractivity (Wildman–Crippen MR) is 260 cm³/mol. The molecule has 0 fully saturated rings. The molecule has 0 aliphatic carbocycles. The fourth-order valence-corrected chi connectivity index (χ4v) is 17.1. The second kappa shape index (κ2) is 16.5. The first-order valence-electron chi connectivity index (χ1n) is 20.4.